The Labute approximate surface area is 313 Å². The average Bonchev–Trinajstić information content (AvgIpc) is 3.42. The normalized spacial score (nSPS) is 29.2. The zero-order valence-corrected chi connectivity index (χ0v) is 32.4. The highest BCUT2D eigenvalue weighted by molar-refractivity contribution is 6.38. The molecule has 0 aromatic carbocycles. The molecule has 0 aromatic heterocycles. The van der Waals surface area contributed by atoms with Gasteiger partial charge in [-0.15, -0.1) is 6.58 Å². The van der Waals surface area contributed by atoms with Crippen molar-refractivity contribution >= 4 is 41.4 Å². The van der Waals surface area contributed by atoms with Gasteiger partial charge in [0.15, 0.2) is 0 Å². The third kappa shape index (κ3) is 9.93. The van der Waals surface area contributed by atoms with Crippen molar-refractivity contribution < 1.29 is 38.3 Å². The number of likely N-dealkylation sites (tertiary alicyclic amines) is 1. The van der Waals surface area contributed by atoms with Crippen molar-refractivity contribution in [2.75, 3.05) is 32.8 Å². The predicted molar refractivity (Wildman–Crippen MR) is 198 cm³/mol. The summed E-state index contributed by atoms with van der Waals surface area (Å²) in [4.78, 5) is 97.2. The zero-order valence-electron chi connectivity index (χ0n) is 32.4. The predicted octanol–water partition coefficient (Wildman–Crippen LogP) is 2.62. The first-order chi connectivity index (χ1) is 24.9. The van der Waals surface area contributed by atoms with Crippen LogP contribution in [-0.2, 0) is 33.5 Å². The minimum Gasteiger partial charge on any atom is -0.379 e. The van der Waals surface area contributed by atoms with Crippen LogP contribution < -0.4 is 21.3 Å². The van der Waals surface area contributed by atoms with E-state index in [-0.39, 0.29) is 61.7 Å². The average molecular weight is 741 g/mol. The molecule has 7 amide bonds. The van der Waals surface area contributed by atoms with Gasteiger partial charge in [0.1, 0.15) is 12.1 Å². The molecular weight excluding hydrogens is 680 g/mol. The number of rotatable bonds is 8. The van der Waals surface area contributed by atoms with E-state index in [0.717, 1.165) is 19.3 Å². The molecule has 53 heavy (non-hydrogen) atoms. The highest BCUT2D eigenvalue weighted by Crippen LogP contribution is 2.65. The number of nitrogens with zero attached hydrogens (tertiary/aromatic N) is 2. The number of ketones is 1. The first kappa shape index (κ1) is 41.7. The van der Waals surface area contributed by atoms with Gasteiger partial charge in [0.25, 0.3) is 11.8 Å². The van der Waals surface area contributed by atoms with Crippen LogP contribution >= 0.6 is 0 Å². The fraction of sp³-hybridized carbons (Fsp3) is 0.718. The highest BCUT2D eigenvalue weighted by Gasteiger charge is 2.69. The quantitative estimate of drug-likeness (QED) is 0.127. The van der Waals surface area contributed by atoms with Crippen LogP contribution in [0.1, 0.15) is 92.9 Å². The highest BCUT2D eigenvalue weighted by atomic mass is 16.5. The van der Waals surface area contributed by atoms with E-state index in [9.17, 15) is 33.6 Å². The maximum absolute atomic E-state index is 14.4. The summed E-state index contributed by atoms with van der Waals surface area (Å²) in [7, 11) is 0. The van der Waals surface area contributed by atoms with Gasteiger partial charge in [-0.05, 0) is 48.3 Å². The number of Topliss-reactive ketones (excluding diaryl/α,β-unsaturated/α-hetero) is 1. The Balaban J connectivity index is 1.57. The van der Waals surface area contributed by atoms with Crippen molar-refractivity contribution in [1.82, 2.24) is 31.1 Å². The monoisotopic (exact) mass is 740 g/mol. The molecule has 0 bridgehead atoms. The summed E-state index contributed by atoms with van der Waals surface area (Å²) in [6.07, 6.45) is 6.48. The lowest BCUT2D eigenvalue weighted by molar-refractivity contribution is -0.145. The van der Waals surface area contributed by atoms with Crippen LogP contribution in [0.25, 0.3) is 0 Å². The minimum absolute atomic E-state index is 0.0239. The fourth-order valence-corrected chi connectivity index (χ4v) is 7.84. The van der Waals surface area contributed by atoms with E-state index in [4.69, 9.17) is 4.74 Å². The van der Waals surface area contributed by atoms with Gasteiger partial charge in [0.05, 0.1) is 18.7 Å². The topological polar surface area (TPSA) is 183 Å². The van der Waals surface area contributed by atoms with Crippen molar-refractivity contribution in [2.24, 2.45) is 28.6 Å². The first-order valence-electron chi connectivity index (χ1n) is 19.1. The summed E-state index contributed by atoms with van der Waals surface area (Å²) >= 11 is 0. The number of piperidine rings is 1. The summed E-state index contributed by atoms with van der Waals surface area (Å²) in [5, 5.41) is 11.0. The minimum atomic E-state index is -1.16. The molecule has 0 spiro atoms. The molecule has 14 heteroatoms. The molecule has 4 fully saturated rings. The first-order valence-corrected chi connectivity index (χ1v) is 19.1. The van der Waals surface area contributed by atoms with E-state index >= 15 is 0 Å². The van der Waals surface area contributed by atoms with Crippen LogP contribution in [-0.4, -0.2) is 108 Å². The number of carbonyl (C=O) groups is 7. The van der Waals surface area contributed by atoms with Crippen LogP contribution in [0.4, 0.5) is 4.79 Å². The molecule has 3 saturated heterocycles. The van der Waals surface area contributed by atoms with Crippen LogP contribution in [0.5, 0.6) is 0 Å². The Bertz CT molecular complexity index is 1470. The van der Waals surface area contributed by atoms with Crippen molar-refractivity contribution in [3.05, 3.63) is 24.8 Å². The van der Waals surface area contributed by atoms with Crippen molar-refractivity contribution in [2.45, 2.75) is 117 Å². The van der Waals surface area contributed by atoms with Gasteiger partial charge in [0.2, 0.25) is 23.5 Å². The molecule has 4 N–H and O–H groups in total. The van der Waals surface area contributed by atoms with Crippen LogP contribution in [0, 0.1) is 28.6 Å². The number of amides is 7. The number of urea groups is 1. The Hall–Kier alpha value is -4.07. The van der Waals surface area contributed by atoms with Gasteiger partial charge in [-0.1, -0.05) is 79.9 Å². The number of hydrogen-bond acceptors (Lipinski definition) is 8. The van der Waals surface area contributed by atoms with Gasteiger partial charge >= 0.3 is 6.03 Å². The molecule has 1 saturated carbocycles. The molecule has 14 nitrogen and oxygen atoms in total. The van der Waals surface area contributed by atoms with Crippen molar-refractivity contribution in [3.8, 4) is 0 Å². The van der Waals surface area contributed by atoms with E-state index < -0.39 is 65.0 Å². The van der Waals surface area contributed by atoms with Crippen LogP contribution in [0.2, 0.25) is 0 Å². The molecular formula is C39H60N6O8. The molecule has 0 radical (unpaired) electrons. The lowest BCUT2D eigenvalue weighted by atomic mass is 9.86. The smallest absolute Gasteiger partial charge is 0.315 e. The van der Waals surface area contributed by atoms with Crippen LogP contribution in [0.15, 0.2) is 24.8 Å². The van der Waals surface area contributed by atoms with Gasteiger partial charge in [-0.3, -0.25) is 33.7 Å². The van der Waals surface area contributed by atoms with Gasteiger partial charge in [0, 0.05) is 37.7 Å². The summed E-state index contributed by atoms with van der Waals surface area (Å²) < 4.78 is 5.95. The standard InChI is InChI=1S/C39H60N6O8/c1-9-18-40-33(48)31(46)26-15-13-11-10-12-14-19-53-22-27(36(51)44-20-25-29(39(25,7)8)30(44)32(47)41-26)42-37(52)43-28(38(4,5)6)21-45-34(49)23(2)16-17-24(3)35(45)50/h9,24-30H,1-2,10-22H2,3-8H3,(H,40,48)(H,41,47)(H2,42,43,52)/t24?,25-,26-,27-,28+,29-,30-/m0/s1. The zero-order chi connectivity index (χ0) is 39.2. The number of ether oxygens (including phenoxy) is 1. The number of carbonyl (C=O) groups excluding carboxylic acids is 7. The lowest BCUT2D eigenvalue weighted by Crippen LogP contribution is -2.61. The largest absolute Gasteiger partial charge is 0.379 e. The molecule has 4 aliphatic rings. The van der Waals surface area contributed by atoms with E-state index in [2.05, 4.69) is 34.4 Å². The number of nitrogens with one attached hydrogen (secondary N) is 4. The summed E-state index contributed by atoms with van der Waals surface area (Å²) in [6.45, 7) is 19.5. The Morgan fingerprint density at radius 2 is 1.72 bits per heavy atom. The Kier molecular flexibility index (Phi) is 13.7. The molecule has 7 atom stereocenters. The third-order valence-corrected chi connectivity index (χ3v) is 11.5. The van der Waals surface area contributed by atoms with Gasteiger partial charge in [-0.2, -0.15) is 0 Å². The SMILES string of the molecule is C=CCNC(=O)C(=O)[C@@H]1CCCCCCCOC[C@H](NC(=O)N[C@H](CN2C(=O)C(=C)CCC(C)C2=O)C(C)(C)C)C(=O)N2C[C@H]3[C@@H]([C@H]2C(=O)N1)C3(C)C. The van der Waals surface area contributed by atoms with Gasteiger partial charge in [-0.25, -0.2) is 4.79 Å². The summed E-state index contributed by atoms with van der Waals surface area (Å²) in [5.74, 6) is -3.90. The second kappa shape index (κ2) is 17.4. The van der Waals surface area contributed by atoms with Gasteiger partial charge < -0.3 is 30.9 Å². The second-order valence-electron chi connectivity index (χ2n) is 16.8. The lowest BCUT2D eigenvalue weighted by Gasteiger charge is -2.36. The van der Waals surface area contributed by atoms with Crippen molar-refractivity contribution in [3.63, 3.8) is 0 Å². The third-order valence-electron chi connectivity index (χ3n) is 11.5. The number of hydrogen-bond donors (Lipinski definition) is 4. The van der Waals surface area contributed by atoms with E-state index in [1.165, 1.54) is 15.9 Å². The second-order valence-corrected chi connectivity index (χ2v) is 16.8. The van der Waals surface area contributed by atoms with E-state index in [0.29, 0.717) is 37.9 Å². The van der Waals surface area contributed by atoms with E-state index in [1.807, 2.05) is 34.6 Å². The summed E-state index contributed by atoms with van der Waals surface area (Å²) in [5.41, 5.74) is -0.495. The molecule has 0 aromatic rings. The molecule has 4 rings (SSSR count). The Morgan fingerprint density at radius 3 is 2.40 bits per heavy atom. The maximum atomic E-state index is 14.4. The molecule has 1 unspecified atom stereocenters. The molecule has 1 aliphatic carbocycles. The van der Waals surface area contributed by atoms with Crippen LogP contribution in [0.3, 0.4) is 0 Å². The maximum Gasteiger partial charge on any atom is 0.315 e. The molecule has 3 heterocycles. The number of fused-ring (bicyclic) bond motifs is 3. The molecule has 294 valence electrons. The van der Waals surface area contributed by atoms with Crippen molar-refractivity contribution in [1.29, 1.82) is 0 Å². The van der Waals surface area contributed by atoms with E-state index in [1.54, 1.807) is 6.92 Å². The summed E-state index contributed by atoms with van der Waals surface area (Å²) in [6, 6.07) is -4.52. The Morgan fingerprint density at radius 1 is 1.04 bits per heavy atom. The number of imide groups is 1. The molecule has 3 aliphatic heterocycles. The fourth-order valence-electron chi connectivity index (χ4n) is 7.84.